The van der Waals surface area contributed by atoms with E-state index in [0.717, 1.165) is 18.4 Å². The van der Waals surface area contributed by atoms with E-state index < -0.39 is 5.82 Å². The molecule has 2 aromatic heterocycles. The molecule has 1 amide bonds. The van der Waals surface area contributed by atoms with Crippen molar-refractivity contribution in [2.45, 2.75) is 29.8 Å². The Morgan fingerprint density at radius 3 is 2.60 bits per heavy atom. The topological polar surface area (TPSA) is 51.0 Å². The van der Waals surface area contributed by atoms with Crippen LogP contribution in [0.1, 0.15) is 40.5 Å². The number of halogens is 3. The van der Waals surface area contributed by atoms with Gasteiger partial charge in [0.15, 0.2) is 5.16 Å². The summed E-state index contributed by atoms with van der Waals surface area (Å²) in [5, 5.41) is 0.810. The SMILES string of the molecule is O=C(c1cnc(SCc2c(F)cccc2Cl)n1-c1ccc(F)cc1)N1CCCC1c1ccncc1. The van der Waals surface area contributed by atoms with Crippen LogP contribution in [-0.4, -0.2) is 31.9 Å². The first kappa shape index (κ1) is 23.5. The molecule has 9 heteroatoms. The van der Waals surface area contributed by atoms with Gasteiger partial charge in [-0.25, -0.2) is 13.8 Å². The summed E-state index contributed by atoms with van der Waals surface area (Å²) in [6.07, 6.45) is 6.72. The van der Waals surface area contributed by atoms with E-state index in [-0.39, 0.29) is 23.5 Å². The third-order valence-electron chi connectivity index (χ3n) is 6.05. The highest BCUT2D eigenvalue weighted by molar-refractivity contribution is 7.98. The lowest BCUT2D eigenvalue weighted by Crippen LogP contribution is -2.32. The van der Waals surface area contributed by atoms with E-state index in [4.69, 9.17) is 11.6 Å². The predicted octanol–water partition coefficient (Wildman–Crippen LogP) is 6.47. The molecule has 5 nitrogen and oxygen atoms in total. The zero-order chi connectivity index (χ0) is 24.4. The van der Waals surface area contributed by atoms with Crippen molar-refractivity contribution in [1.82, 2.24) is 19.4 Å². The first-order valence-corrected chi connectivity index (χ1v) is 12.5. The molecule has 0 bridgehead atoms. The molecule has 1 atom stereocenters. The molecule has 1 aliphatic heterocycles. The minimum atomic E-state index is -0.404. The number of hydrogen-bond donors (Lipinski definition) is 0. The smallest absolute Gasteiger partial charge is 0.273 e. The molecular weight excluding hydrogens is 490 g/mol. The molecule has 178 valence electrons. The largest absolute Gasteiger partial charge is 0.330 e. The third-order valence-corrected chi connectivity index (χ3v) is 7.38. The molecule has 2 aromatic carbocycles. The molecule has 1 fully saturated rings. The maximum absolute atomic E-state index is 14.3. The van der Waals surface area contributed by atoms with Crippen molar-refractivity contribution in [2.24, 2.45) is 0 Å². The number of benzene rings is 2. The fourth-order valence-corrected chi connectivity index (χ4v) is 5.66. The summed E-state index contributed by atoms with van der Waals surface area (Å²) in [6.45, 7) is 0.619. The number of pyridine rings is 1. The average Bonchev–Trinajstić information content (AvgIpc) is 3.52. The molecule has 1 unspecified atom stereocenters. The summed E-state index contributed by atoms with van der Waals surface area (Å²) < 4.78 is 29.7. The van der Waals surface area contributed by atoms with Gasteiger partial charge in [0.1, 0.15) is 17.3 Å². The zero-order valence-electron chi connectivity index (χ0n) is 18.6. The summed E-state index contributed by atoms with van der Waals surface area (Å²) in [6, 6.07) is 14.2. The number of thioether (sulfide) groups is 1. The monoisotopic (exact) mass is 510 g/mol. The van der Waals surface area contributed by atoms with Crippen molar-refractivity contribution in [3.05, 3.63) is 107 Å². The van der Waals surface area contributed by atoms with Crippen LogP contribution in [0.3, 0.4) is 0 Å². The van der Waals surface area contributed by atoms with E-state index in [1.54, 1.807) is 41.2 Å². The quantitative estimate of drug-likeness (QED) is 0.279. The van der Waals surface area contributed by atoms with Gasteiger partial charge in [-0.3, -0.25) is 14.3 Å². The summed E-state index contributed by atoms with van der Waals surface area (Å²) in [7, 11) is 0. The molecule has 0 radical (unpaired) electrons. The highest BCUT2D eigenvalue weighted by Gasteiger charge is 2.33. The molecule has 35 heavy (non-hydrogen) atoms. The molecule has 0 spiro atoms. The van der Waals surface area contributed by atoms with E-state index in [1.165, 1.54) is 36.2 Å². The van der Waals surface area contributed by atoms with Gasteiger partial charge in [-0.15, -0.1) is 0 Å². The highest BCUT2D eigenvalue weighted by Crippen LogP contribution is 2.35. The van der Waals surface area contributed by atoms with Crippen molar-refractivity contribution >= 4 is 29.3 Å². The number of amides is 1. The van der Waals surface area contributed by atoms with Gasteiger partial charge in [0, 0.05) is 41.0 Å². The third kappa shape index (κ3) is 4.81. The number of likely N-dealkylation sites (tertiary alicyclic amines) is 1. The van der Waals surface area contributed by atoms with Gasteiger partial charge in [-0.05, 0) is 66.9 Å². The number of aromatic nitrogens is 3. The Balaban J connectivity index is 1.50. The number of carbonyl (C=O) groups is 1. The number of imidazole rings is 1. The Morgan fingerprint density at radius 2 is 1.86 bits per heavy atom. The molecule has 4 aromatic rings. The van der Waals surface area contributed by atoms with Gasteiger partial charge in [-0.2, -0.15) is 0 Å². The lowest BCUT2D eigenvalue weighted by atomic mass is 10.1. The van der Waals surface area contributed by atoms with Crippen LogP contribution in [0.25, 0.3) is 5.69 Å². The van der Waals surface area contributed by atoms with Crippen molar-refractivity contribution in [3.63, 3.8) is 0 Å². The van der Waals surface area contributed by atoms with E-state index in [2.05, 4.69) is 9.97 Å². The average molecular weight is 511 g/mol. The minimum Gasteiger partial charge on any atom is -0.330 e. The fourth-order valence-electron chi connectivity index (χ4n) is 4.32. The van der Waals surface area contributed by atoms with Crippen LogP contribution in [0.5, 0.6) is 0 Å². The van der Waals surface area contributed by atoms with Gasteiger partial charge in [0.25, 0.3) is 5.91 Å². The van der Waals surface area contributed by atoms with E-state index in [0.29, 0.717) is 33.7 Å². The maximum atomic E-state index is 14.3. The van der Waals surface area contributed by atoms with Crippen LogP contribution in [-0.2, 0) is 5.75 Å². The van der Waals surface area contributed by atoms with Crippen molar-refractivity contribution in [2.75, 3.05) is 6.54 Å². The first-order valence-electron chi connectivity index (χ1n) is 11.1. The first-order chi connectivity index (χ1) is 17.0. The van der Waals surface area contributed by atoms with Crippen LogP contribution in [0.15, 0.2) is 78.3 Å². The number of rotatable bonds is 6. The van der Waals surface area contributed by atoms with E-state index >= 15 is 0 Å². The maximum Gasteiger partial charge on any atom is 0.273 e. The van der Waals surface area contributed by atoms with E-state index in [1.807, 2.05) is 17.0 Å². The van der Waals surface area contributed by atoms with E-state index in [9.17, 15) is 13.6 Å². The Hall–Kier alpha value is -3.23. The van der Waals surface area contributed by atoms with Crippen LogP contribution < -0.4 is 0 Å². The molecule has 5 rings (SSSR count). The van der Waals surface area contributed by atoms with Crippen LogP contribution in [0.2, 0.25) is 5.02 Å². The van der Waals surface area contributed by atoms with Crippen LogP contribution in [0.4, 0.5) is 8.78 Å². The minimum absolute atomic E-state index is 0.0598. The standard InChI is InChI=1S/C26H21ClF2N4OS/c27-21-3-1-4-22(29)20(21)16-35-26-31-15-24(33(26)19-8-6-18(28)7-9-19)25(34)32-14-2-5-23(32)17-10-12-30-13-11-17/h1,3-4,6-13,15,23H,2,5,14,16H2. The Morgan fingerprint density at radius 1 is 1.09 bits per heavy atom. The second-order valence-electron chi connectivity index (χ2n) is 8.16. The molecule has 0 aliphatic carbocycles. The highest BCUT2D eigenvalue weighted by atomic mass is 35.5. The van der Waals surface area contributed by atoms with Gasteiger partial charge in [0.05, 0.1) is 12.2 Å². The summed E-state index contributed by atoms with van der Waals surface area (Å²) in [5.41, 5.74) is 2.34. The van der Waals surface area contributed by atoms with Gasteiger partial charge < -0.3 is 4.90 Å². The van der Waals surface area contributed by atoms with Crippen molar-refractivity contribution < 1.29 is 13.6 Å². The Kier molecular flexibility index (Phi) is 6.83. The fraction of sp³-hybridized carbons (Fsp3) is 0.192. The van der Waals surface area contributed by atoms with Crippen LogP contribution in [0, 0.1) is 11.6 Å². The predicted molar refractivity (Wildman–Crippen MR) is 132 cm³/mol. The Labute approximate surface area is 210 Å². The Bertz CT molecular complexity index is 1330. The van der Waals surface area contributed by atoms with Gasteiger partial charge in [0.2, 0.25) is 0 Å². The van der Waals surface area contributed by atoms with Crippen molar-refractivity contribution in [3.8, 4) is 5.69 Å². The van der Waals surface area contributed by atoms with Gasteiger partial charge in [-0.1, -0.05) is 29.4 Å². The number of hydrogen-bond acceptors (Lipinski definition) is 4. The zero-order valence-corrected chi connectivity index (χ0v) is 20.1. The second-order valence-corrected chi connectivity index (χ2v) is 9.51. The molecule has 1 aliphatic rings. The molecule has 0 saturated carbocycles. The van der Waals surface area contributed by atoms with Crippen LogP contribution >= 0.6 is 23.4 Å². The molecular formula is C26H21ClF2N4OS. The molecule has 0 N–H and O–H groups in total. The number of carbonyl (C=O) groups excluding carboxylic acids is 1. The lowest BCUT2D eigenvalue weighted by Gasteiger charge is -2.25. The molecule has 1 saturated heterocycles. The van der Waals surface area contributed by atoms with Crippen molar-refractivity contribution in [1.29, 1.82) is 0 Å². The summed E-state index contributed by atoms with van der Waals surface area (Å²) in [5.74, 6) is -0.734. The molecule has 3 heterocycles. The normalized spacial score (nSPS) is 15.5. The lowest BCUT2D eigenvalue weighted by molar-refractivity contribution is 0.0726. The summed E-state index contributed by atoms with van der Waals surface area (Å²) >= 11 is 7.46. The second kappa shape index (κ2) is 10.2. The summed E-state index contributed by atoms with van der Waals surface area (Å²) in [4.78, 5) is 24.2. The van der Waals surface area contributed by atoms with Gasteiger partial charge >= 0.3 is 0 Å². The number of nitrogens with zero attached hydrogens (tertiary/aromatic N) is 4.